The molecule has 1 atom stereocenters. The second kappa shape index (κ2) is 5.82. The standard InChI is InChI=1S/C10H17NO4/c1-3-15-10(13)9(8(2)12)11-4-6-14-7-5-11/h9H,3-7H2,1-2H3. The average Bonchev–Trinajstić information content (AvgIpc) is 2.19. The second-order valence-corrected chi connectivity index (χ2v) is 3.41. The van der Waals surface area contributed by atoms with Crippen LogP contribution in [0.2, 0.25) is 0 Å². The molecule has 1 saturated heterocycles. The quantitative estimate of drug-likeness (QED) is 0.482. The Morgan fingerprint density at radius 1 is 1.40 bits per heavy atom. The van der Waals surface area contributed by atoms with Crippen LogP contribution in [0.3, 0.4) is 0 Å². The van der Waals surface area contributed by atoms with Crippen molar-refractivity contribution in [3.8, 4) is 0 Å². The summed E-state index contributed by atoms with van der Waals surface area (Å²) in [5.41, 5.74) is 0. The molecule has 15 heavy (non-hydrogen) atoms. The third-order valence-electron chi connectivity index (χ3n) is 2.31. The summed E-state index contributed by atoms with van der Waals surface area (Å²) in [6.45, 7) is 5.76. The molecule has 0 aromatic heterocycles. The van der Waals surface area contributed by atoms with E-state index in [4.69, 9.17) is 9.47 Å². The molecule has 0 bridgehead atoms. The van der Waals surface area contributed by atoms with Gasteiger partial charge in [0, 0.05) is 13.1 Å². The second-order valence-electron chi connectivity index (χ2n) is 3.41. The number of Topliss-reactive ketones (excluding diaryl/α,β-unsaturated/α-hetero) is 1. The van der Waals surface area contributed by atoms with E-state index < -0.39 is 12.0 Å². The molecule has 0 aromatic rings. The Morgan fingerprint density at radius 3 is 2.47 bits per heavy atom. The summed E-state index contributed by atoms with van der Waals surface area (Å²) in [4.78, 5) is 24.7. The first-order valence-electron chi connectivity index (χ1n) is 5.15. The molecule has 86 valence electrons. The van der Waals surface area contributed by atoms with Crippen molar-refractivity contribution in [2.45, 2.75) is 19.9 Å². The van der Waals surface area contributed by atoms with Gasteiger partial charge in [-0.1, -0.05) is 0 Å². The summed E-state index contributed by atoms with van der Waals surface area (Å²) in [7, 11) is 0. The van der Waals surface area contributed by atoms with Gasteiger partial charge in [0.05, 0.1) is 19.8 Å². The van der Waals surface area contributed by atoms with Gasteiger partial charge in [0.15, 0.2) is 11.8 Å². The Balaban J connectivity index is 2.63. The molecule has 1 aliphatic rings. The van der Waals surface area contributed by atoms with Crippen molar-refractivity contribution in [3.05, 3.63) is 0 Å². The van der Waals surface area contributed by atoms with Crippen LogP contribution in [0, 0.1) is 0 Å². The topological polar surface area (TPSA) is 55.8 Å². The van der Waals surface area contributed by atoms with Gasteiger partial charge in [0.1, 0.15) is 0 Å². The van der Waals surface area contributed by atoms with Crippen LogP contribution < -0.4 is 0 Å². The lowest BCUT2D eigenvalue weighted by molar-refractivity contribution is -0.154. The van der Waals surface area contributed by atoms with Crippen molar-refractivity contribution in [2.24, 2.45) is 0 Å². The Hall–Kier alpha value is -0.940. The van der Waals surface area contributed by atoms with Crippen LogP contribution >= 0.6 is 0 Å². The van der Waals surface area contributed by atoms with E-state index in [0.717, 1.165) is 0 Å². The molecule has 1 unspecified atom stereocenters. The van der Waals surface area contributed by atoms with E-state index in [2.05, 4.69) is 0 Å². The summed E-state index contributed by atoms with van der Waals surface area (Å²) < 4.78 is 10.0. The summed E-state index contributed by atoms with van der Waals surface area (Å²) in [6.07, 6.45) is 0. The van der Waals surface area contributed by atoms with Gasteiger partial charge in [0.2, 0.25) is 0 Å². The van der Waals surface area contributed by atoms with Gasteiger partial charge in [-0.05, 0) is 13.8 Å². The summed E-state index contributed by atoms with van der Waals surface area (Å²) in [5, 5.41) is 0. The first-order valence-corrected chi connectivity index (χ1v) is 5.15. The van der Waals surface area contributed by atoms with E-state index in [1.165, 1.54) is 6.92 Å². The molecule has 0 amide bonds. The smallest absolute Gasteiger partial charge is 0.331 e. The monoisotopic (exact) mass is 215 g/mol. The van der Waals surface area contributed by atoms with Gasteiger partial charge >= 0.3 is 5.97 Å². The van der Waals surface area contributed by atoms with Crippen molar-refractivity contribution in [1.82, 2.24) is 4.90 Å². The van der Waals surface area contributed by atoms with Crippen LogP contribution in [0.25, 0.3) is 0 Å². The molecule has 0 spiro atoms. The molecule has 1 heterocycles. The zero-order valence-corrected chi connectivity index (χ0v) is 9.19. The van der Waals surface area contributed by atoms with Gasteiger partial charge < -0.3 is 9.47 Å². The fourth-order valence-electron chi connectivity index (χ4n) is 1.63. The maximum absolute atomic E-state index is 11.6. The number of rotatable bonds is 4. The fourth-order valence-corrected chi connectivity index (χ4v) is 1.63. The van der Waals surface area contributed by atoms with Crippen molar-refractivity contribution < 1.29 is 19.1 Å². The number of ether oxygens (including phenoxy) is 2. The van der Waals surface area contributed by atoms with E-state index in [-0.39, 0.29) is 5.78 Å². The number of hydrogen-bond donors (Lipinski definition) is 0. The molecule has 0 N–H and O–H groups in total. The van der Waals surface area contributed by atoms with Crippen molar-refractivity contribution in [2.75, 3.05) is 32.9 Å². The van der Waals surface area contributed by atoms with Gasteiger partial charge in [-0.15, -0.1) is 0 Å². The molecule has 1 fully saturated rings. The maximum Gasteiger partial charge on any atom is 0.331 e. The fraction of sp³-hybridized carbons (Fsp3) is 0.800. The predicted octanol–water partition coefficient (Wildman–Crippen LogP) is -0.161. The van der Waals surface area contributed by atoms with Crippen molar-refractivity contribution in [3.63, 3.8) is 0 Å². The Labute approximate surface area is 89.3 Å². The number of nitrogens with zero attached hydrogens (tertiary/aromatic N) is 1. The molecule has 5 heteroatoms. The van der Waals surface area contributed by atoms with Crippen molar-refractivity contribution in [1.29, 1.82) is 0 Å². The summed E-state index contributed by atoms with van der Waals surface area (Å²) >= 11 is 0. The molecule has 1 rings (SSSR count). The molecule has 0 aliphatic carbocycles. The van der Waals surface area contributed by atoms with Gasteiger partial charge in [-0.3, -0.25) is 9.69 Å². The molecular formula is C10H17NO4. The number of ketones is 1. The minimum atomic E-state index is -0.756. The van der Waals surface area contributed by atoms with Crippen LogP contribution in [0.4, 0.5) is 0 Å². The summed E-state index contributed by atoms with van der Waals surface area (Å²) in [6, 6.07) is -0.756. The molecular weight excluding hydrogens is 198 g/mol. The van der Waals surface area contributed by atoms with Crippen molar-refractivity contribution >= 4 is 11.8 Å². The Bertz CT molecular complexity index is 236. The summed E-state index contributed by atoms with van der Waals surface area (Å²) in [5.74, 6) is -0.623. The van der Waals surface area contributed by atoms with E-state index in [1.54, 1.807) is 6.92 Å². The Kier molecular flexibility index (Phi) is 4.71. The highest BCUT2D eigenvalue weighted by Gasteiger charge is 2.32. The molecule has 0 saturated carbocycles. The molecule has 1 aliphatic heterocycles. The largest absolute Gasteiger partial charge is 0.464 e. The maximum atomic E-state index is 11.6. The van der Waals surface area contributed by atoms with Crippen LogP contribution in [0.1, 0.15) is 13.8 Å². The van der Waals surface area contributed by atoms with Gasteiger partial charge in [-0.2, -0.15) is 0 Å². The third-order valence-corrected chi connectivity index (χ3v) is 2.31. The lowest BCUT2D eigenvalue weighted by atomic mass is 10.1. The number of carbonyl (C=O) groups is 2. The van der Waals surface area contributed by atoms with Gasteiger partial charge in [0.25, 0.3) is 0 Å². The van der Waals surface area contributed by atoms with E-state index >= 15 is 0 Å². The highest BCUT2D eigenvalue weighted by atomic mass is 16.5. The van der Waals surface area contributed by atoms with Gasteiger partial charge in [-0.25, -0.2) is 4.79 Å². The predicted molar refractivity (Wildman–Crippen MR) is 53.5 cm³/mol. The molecule has 0 aromatic carbocycles. The number of morpholine rings is 1. The average molecular weight is 215 g/mol. The zero-order valence-electron chi connectivity index (χ0n) is 9.19. The highest BCUT2D eigenvalue weighted by Crippen LogP contribution is 2.07. The van der Waals surface area contributed by atoms with E-state index in [1.807, 2.05) is 4.90 Å². The number of hydrogen-bond acceptors (Lipinski definition) is 5. The van der Waals surface area contributed by atoms with Crippen LogP contribution in [-0.2, 0) is 19.1 Å². The first kappa shape index (κ1) is 12.1. The molecule has 0 radical (unpaired) electrons. The van der Waals surface area contributed by atoms with E-state index in [9.17, 15) is 9.59 Å². The third kappa shape index (κ3) is 3.28. The molecule has 5 nitrogen and oxygen atoms in total. The van der Waals surface area contributed by atoms with Crippen LogP contribution in [-0.4, -0.2) is 55.6 Å². The number of carbonyl (C=O) groups excluding carboxylic acids is 2. The van der Waals surface area contributed by atoms with Crippen LogP contribution in [0.15, 0.2) is 0 Å². The lowest BCUT2D eigenvalue weighted by Crippen LogP contribution is -2.51. The first-order chi connectivity index (χ1) is 7.16. The van der Waals surface area contributed by atoms with E-state index in [0.29, 0.717) is 32.9 Å². The lowest BCUT2D eigenvalue weighted by Gasteiger charge is -2.31. The van der Waals surface area contributed by atoms with Crippen LogP contribution in [0.5, 0.6) is 0 Å². The SMILES string of the molecule is CCOC(=O)C(C(C)=O)N1CCOCC1. The highest BCUT2D eigenvalue weighted by molar-refractivity contribution is 6.01. The number of esters is 1. The minimum Gasteiger partial charge on any atom is -0.464 e. The zero-order chi connectivity index (χ0) is 11.3. The normalized spacial score (nSPS) is 19.6. The minimum absolute atomic E-state index is 0.171. The Morgan fingerprint density at radius 2 is 2.00 bits per heavy atom.